The number of anilines is 1. The number of hydrogen-bond donors (Lipinski definition) is 1. The summed E-state index contributed by atoms with van der Waals surface area (Å²) in [4.78, 5) is 2.23. The van der Waals surface area contributed by atoms with Crippen LogP contribution >= 0.6 is 11.8 Å². The number of nitrogens with zero attached hydrogens (tertiary/aromatic N) is 1. The van der Waals surface area contributed by atoms with E-state index in [2.05, 4.69) is 23.5 Å². The zero-order valence-corrected chi connectivity index (χ0v) is 10.3. The summed E-state index contributed by atoms with van der Waals surface area (Å²) in [6, 6.07) is 16.1. The van der Waals surface area contributed by atoms with Crippen LogP contribution in [0.3, 0.4) is 0 Å². The lowest BCUT2D eigenvalue weighted by atomic mass is 10.2. The average molecular weight is 240 g/mol. The second kappa shape index (κ2) is 5.42. The Bertz CT molecular complexity index is 544. The predicted octanol–water partition coefficient (Wildman–Crippen LogP) is 4.04. The van der Waals surface area contributed by atoms with E-state index in [1.54, 1.807) is 11.8 Å². The molecule has 3 heteroatoms. The second-order valence-corrected chi connectivity index (χ2v) is 4.77. The van der Waals surface area contributed by atoms with Crippen LogP contribution in [-0.4, -0.2) is 0 Å². The highest BCUT2D eigenvalue weighted by Crippen LogP contribution is 2.33. The van der Waals surface area contributed by atoms with Crippen LogP contribution in [0.4, 0.5) is 5.69 Å². The third kappa shape index (κ3) is 3.02. The van der Waals surface area contributed by atoms with E-state index in [0.29, 0.717) is 0 Å². The zero-order chi connectivity index (χ0) is 12.1. The van der Waals surface area contributed by atoms with Crippen LogP contribution in [-0.2, 0) is 0 Å². The molecule has 0 radical (unpaired) electrons. The lowest BCUT2D eigenvalue weighted by Gasteiger charge is -2.08. The average Bonchev–Trinajstić information content (AvgIpc) is 2.34. The highest BCUT2D eigenvalue weighted by atomic mass is 32.2. The summed E-state index contributed by atoms with van der Waals surface area (Å²) in [5.74, 6) is 0. The van der Waals surface area contributed by atoms with E-state index in [4.69, 9.17) is 5.26 Å². The number of aryl methyl sites for hydroxylation is 1. The Hall–Kier alpha value is -1.92. The lowest BCUT2D eigenvalue weighted by Crippen LogP contribution is -1.90. The van der Waals surface area contributed by atoms with Crippen molar-refractivity contribution in [2.45, 2.75) is 16.7 Å². The van der Waals surface area contributed by atoms with E-state index in [0.717, 1.165) is 10.6 Å². The van der Waals surface area contributed by atoms with Gasteiger partial charge < -0.3 is 0 Å². The molecule has 0 saturated heterocycles. The van der Waals surface area contributed by atoms with Crippen molar-refractivity contribution in [1.29, 1.82) is 5.26 Å². The van der Waals surface area contributed by atoms with Gasteiger partial charge in [0.25, 0.3) is 0 Å². The maximum absolute atomic E-state index is 8.71. The standard InChI is InChI=1S/C14H12N2S/c1-11-7-8-13(16-10-15)14(9-11)17-12-5-3-2-4-6-12/h2-9,16H,1H3. The largest absolute Gasteiger partial charge is 0.292 e. The monoisotopic (exact) mass is 240 g/mol. The molecule has 17 heavy (non-hydrogen) atoms. The molecule has 0 aliphatic rings. The molecule has 0 heterocycles. The fraction of sp³-hybridized carbons (Fsp3) is 0.0714. The van der Waals surface area contributed by atoms with Crippen LogP contribution in [0.1, 0.15) is 5.56 Å². The Labute approximate surface area is 105 Å². The topological polar surface area (TPSA) is 35.8 Å². The maximum atomic E-state index is 8.71. The van der Waals surface area contributed by atoms with E-state index in [9.17, 15) is 0 Å². The van der Waals surface area contributed by atoms with Crippen molar-refractivity contribution in [3.63, 3.8) is 0 Å². The van der Waals surface area contributed by atoms with Crippen LogP contribution in [0.2, 0.25) is 0 Å². The zero-order valence-electron chi connectivity index (χ0n) is 9.47. The van der Waals surface area contributed by atoms with Gasteiger partial charge in [-0.25, -0.2) is 0 Å². The smallest absolute Gasteiger partial charge is 0.181 e. The molecule has 0 fully saturated rings. The van der Waals surface area contributed by atoms with Crippen molar-refractivity contribution < 1.29 is 0 Å². The molecule has 0 spiro atoms. The summed E-state index contributed by atoms with van der Waals surface area (Å²) >= 11 is 1.65. The molecule has 0 aromatic heterocycles. The highest BCUT2D eigenvalue weighted by molar-refractivity contribution is 7.99. The lowest BCUT2D eigenvalue weighted by molar-refractivity contribution is 1.33. The molecule has 0 saturated carbocycles. The van der Waals surface area contributed by atoms with Gasteiger partial charge in [0.05, 0.1) is 5.69 Å². The first-order chi connectivity index (χ1) is 8.29. The Balaban J connectivity index is 2.31. The second-order valence-electron chi connectivity index (χ2n) is 3.65. The molecule has 84 valence electrons. The minimum absolute atomic E-state index is 0.854. The third-order valence-corrected chi connectivity index (χ3v) is 3.36. The summed E-state index contributed by atoms with van der Waals surface area (Å²) < 4.78 is 0. The number of rotatable bonds is 3. The third-order valence-electron chi connectivity index (χ3n) is 2.30. The van der Waals surface area contributed by atoms with Crippen molar-refractivity contribution in [3.8, 4) is 6.19 Å². The molecular weight excluding hydrogens is 228 g/mol. The molecule has 0 atom stereocenters. The molecule has 0 amide bonds. The minimum Gasteiger partial charge on any atom is -0.292 e. The minimum atomic E-state index is 0.854. The van der Waals surface area contributed by atoms with Crippen molar-refractivity contribution >= 4 is 17.4 Å². The molecular formula is C14H12N2S. The van der Waals surface area contributed by atoms with Crippen LogP contribution in [0, 0.1) is 18.4 Å². The molecule has 2 nitrogen and oxygen atoms in total. The van der Waals surface area contributed by atoms with Crippen LogP contribution in [0.25, 0.3) is 0 Å². The van der Waals surface area contributed by atoms with E-state index in [1.807, 2.05) is 43.4 Å². The van der Waals surface area contributed by atoms with Crippen molar-refractivity contribution in [1.82, 2.24) is 0 Å². The van der Waals surface area contributed by atoms with Crippen molar-refractivity contribution in [2.24, 2.45) is 0 Å². The summed E-state index contributed by atoms with van der Waals surface area (Å²) in [5, 5.41) is 11.4. The molecule has 0 unspecified atom stereocenters. The van der Waals surface area contributed by atoms with E-state index in [1.165, 1.54) is 10.5 Å². The number of hydrogen-bond acceptors (Lipinski definition) is 3. The van der Waals surface area contributed by atoms with Gasteiger partial charge in [-0.05, 0) is 36.8 Å². The first-order valence-corrected chi connectivity index (χ1v) is 6.10. The first kappa shape index (κ1) is 11.6. The predicted molar refractivity (Wildman–Crippen MR) is 71.0 cm³/mol. The Morgan fingerprint density at radius 2 is 1.88 bits per heavy atom. The molecule has 0 bridgehead atoms. The SMILES string of the molecule is Cc1ccc(NC#N)c(Sc2ccccc2)c1. The van der Waals surface area contributed by atoms with Crippen LogP contribution in [0.5, 0.6) is 0 Å². The molecule has 2 aromatic carbocycles. The molecule has 0 aliphatic heterocycles. The summed E-state index contributed by atoms with van der Waals surface area (Å²) in [5.41, 5.74) is 2.04. The van der Waals surface area contributed by atoms with Gasteiger partial charge in [0.15, 0.2) is 6.19 Å². The Kier molecular flexibility index (Phi) is 3.69. The van der Waals surface area contributed by atoms with Gasteiger partial charge in [-0.3, -0.25) is 5.32 Å². The number of nitrogens with one attached hydrogen (secondary N) is 1. The van der Waals surface area contributed by atoms with Gasteiger partial charge >= 0.3 is 0 Å². The highest BCUT2D eigenvalue weighted by Gasteiger charge is 2.04. The summed E-state index contributed by atoms with van der Waals surface area (Å²) in [6.45, 7) is 2.05. The van der Waals surface area contributed by atoms with Crippen LogP contribution in [0.15, 0.2) is 58.3 Å². The quantitative estimate of drug-likeness (QED) is 0.649. The van der Waals surface area contributed by atoms with E-state index in [-0.39, 0.29) is 0 Å². The van der Waals surface area contributed by atoms with E-state index >= 15 is 0 Å². The van der Waals surface area contributed by atoms with Crippen molar-refractivity contribution in [2.75, 3.05) is 5.32 Å². The molecule has 2 aromatic rings. The van der Waals surface area contributed by atoms with Gasteiger partial charge in [0.2, 0.25) is 0 Å². The fourth-order valence-corrected chi connectivity index (χ4v) is 2.51. The van der Waals surface area contributed by atoms with Gasteiger partial charge in [0, 0.05) is 9.79 Å². The first-order valence-electron chi connectivity index (χ1n) is 5.28. The van der Waals surface area contributed by atoms with Gasteiger partial charge in [0.1, 0.15) is 0 Å². The van der Waals surface area contributed by atoms with Crippen LogP contribution < -0.4 is 5.32 Å². The summed E-state index contributed by atoms with van der Waals surface area (Å²) in [6.07, 6.45) is 1.97. The van der Waals surface area contributed by atoms with Gasteiger partial charge in [-0.15, -0.1) is 0 Å². The normalized spacial score (nSPS) is 9.65. The Morgan fingerprint density at radius 1 is 1.12 bits per heavy atom. The summed E-state index contributed by atoms with van der Waals surface area (Å²) in [7, 11) is 0. The molecule has 0 aliphatic carbocycles. The molecule has 2 rings (SSSR count). The maximum Gasteiger partial charge on any atom is 0.181 e. The number of nitriles is 1. The Morgan fingerprint density at radius 3 is 2.59 bits per heavy atom. The van der Waals surface area contributed by atoms with Gasteiger partial charge in [-0.2, -0.15) is 5.26 Å². The van der Waals surface area contributed by atoms with Gasteiger partial charge in [-0.1, -0.05) is 36.0 Å². The molecule has 1 N–H and O–H groups in total. The fourth-order valence-electron chi connectivity index (χ4n) is 1.49. The number of benzene rings is 2. The van der Waals surface area contributed by atoms with Crippen molar-refractivity contribution in [3.05, 3.63) is 54.1 Å². The van der Waals surface area contributed by atoms with E-state index < -0.39 is 0 Å².